The fourth-order valence-corrected chi connectivity index (χ4v) is 3.65. The van der Waals surface area contributed by atoms with E-state index in [0.29, 0.717) is 5.69 Å². The molecular weight excluding hydrogens is 380 g/mol. The Bertz CT molecular complexity index is 1140. The first-order chi connectivity index (χ1) is 12.3. The van der Waals surface area contributed by atoms with Crippen molar-refractivity contribution in [1.29, 1.82) is 0 Å². The molecule has 0 radical (unpaired) electrons. The summed E-state index contributed by atoms with van der Waals surface area (Å²) in [5.74, 6) is -0.361. The van der Waals surface area contributed by atoms with Crippen LogP contribution < -0.4 is 0 Å². The van der Waals surface area contributed by atoms with E-state index in [1.165, 1.54) is 18.2 Å². The Morgan fingerprint density at radius 3 is 2.27 bits per heavy atom. The number of azo groups is 1. The van der Waals surface area contributed by atoms with Gasteiger partial charge in [0.25, 0.3) is 10.1 Å². The molecule has 3 rings (SSSR count). The summed E-state index contributed by atoms with van der Waals surface area (Å²) in [5.41, 5.74) is 0.277. The second-order valence-corrected chi connectivity index (χ2v) is 7.57. The molecule has 3 aromatic rings. The molecule has 0 aliphatic heterocycles. The van der Waals surface area contributed by atoms with E-state index in [1.54, 1.807) is 30.3 Å². The summed E-state index contributed by atoms with van der Waals surface area (Å²) in [4.78, 5) is -0.868. The van der Waals surface area contributed by atoms with Gasteiger partial charge in [0.05, 0.1) is 10.6 Å². The molecule has 0 aromatic heterocycles. The molecule has 0 aliphatic carbocycles. The molecule has 0 fully saturated rings. The van der Waals surface area contributed by atoms with Gasteiger partial charge in [-0.15, -0.1) is 5.11 Å². The van der Waals surface area contributed by atoms with Crippen LogP contribution in [0.5, 0.6) is 5.75 Å². The number of benzene rings is 3. The van der Waals surface area contributed by atoms with E-state index in [2.05, 4.69) is 10.2 Å². The van der Waals surface area contributed by atoms with Crippen LogP contribution in [0.2, 0.25) is 0 Å². The molecule has 26 heavy (non-hydrogen) atoms. The van der Waals surface area contributed by atoms with Crippen molar-refractivity contribution in [2.24, 2.45) is 10.2 Å². The Morgan fingerprint density at radius 2 is 1.65 bits per heavy atom. The summed E-state index contributed by atoms with van der Waals surface area (Å²) in [6.45, 7) is 0. The minimum absolute atomic E-state index is 0.110. The summed E-state index contributed by atoms with van der Waals surface area (Å²) in [5, 5.41) is 18.1. The molecule has 134 valence electrons. The molecule has 1 unspecified atom stereocenters. The van der Waals surface area contributed by atoms with E-state index in [4.69, 9.17) is 0 Å². The molecule has 10 heteroatoms. The number of hydrogen-bond acceptors (Lipinski definition) is 6. The van der Waals surface area contributed by atoms with Gasteiger partial charge >= 0.3 is 0 Å². The average molecular weight is 392 g/mol. The summed E-state index contributed by atoms with van der Waals surface area (Å²) in [7, 11) is -4.77. The van der Waals surface area contributed by atoms with Gasteiger partial charge in [-0.3, -0.25) is 4.55 Å². The smallest absolute Gasteiger partial charge is 0.295 e. The van der Waals surface area contributed by atoms with Crippen LogP contribution in [0.25, 0.3) is 10.8 Å². The van der Waals surface area contributed by atoms with Crippen molar-refractivity contribution in [2.75, 3.05) is 0 Å². The first-order valence-corrected chi connectivity index (χ1v) is 9.67. The van der Waals surface area contributed by atoms with Crippen molar-refractivity contribution in [2.45, 2.75) is 9.79 Å². The van der Waals surface area contributed by atoms with Crippen molar-refractivity contribution in [3.63, 3.8) is 0 Å². The number of fused-ring (bicyclic) bond motifs is 1. The molecule has 0 saturated carbocycles. The monoisotopic (exact) mass is 392 g/mol. The number of aromatic hydroxyl groups is 1. The minimum atomic E-state index is -4.77. The van der Waals surface area contributed by atoms with Crippen molar-refractivity contribution in [3.05, 3.63) is 54.6 Å². The number of phenolic OH excluding ortho intramolecular Hbond substituents is 1. The van der Waals surface area contributed by atoms with Crippen LogP contribution in [0.4, 0.5) is 11.4 Å². The molecule has 3 N–H and O–H groups in total. The van der Waals surface area contributed by atoms with Gasteiger partial charge < -0.3 is 9.66 Å². The number of nitrogens with zero attached hydrogens (tertiary/aromatic N) is 2. The molecule has 0 aliphatic rings. The van der Waals surface area contributed by atoms with Crippen LogP contribution in [-0.4, -0.2) is 26.8 Å². The second kappa shape index (κ2) is 6.92. The zero-order chi connectivity index (χ0) is 18.9. The van der Waals surface area contributed by atoms with Gasteiger partial charge in [-0.05, 0) is 35.7 Å². The van der Waals surface area contributed by atoms with Gasteiger partial charge in [-0.2, -0.15) is 13.5 Å². The molecule has 0 bridgehead atoms. The highest BCUT2D eigenvalue weighted by Gasteiger charge is 2.21. The predicted molar refractivity (Wildman–Crippen MR) is 95.1 cm³/mol. The van der Waals surface area contributed by atoms with E-state index in [-0.39, 0.29) is 27.1 Å². The van der Waals surface area contributed by atoms with Gasteiger partial charge in [0.15, 0.2) is 11.1 Å². The van der Waals surface area contributed by atoms with Crippen molar-refractivity contribution in [3.8, 4) is 5.75 Å². The Labute approximate surface area is 150 Å². The number of hydrogen-bond donors (Lipinski definition) is 3. The summed E-state index contributed by atoms with van der Waals surface area (Å²) in [6.07, 6.45) is 0. The lowest BCUT2D eigenvalue weighted by atomic mass is 10.1. The maximum atomic E-state index is 11.8. The van der Waals surface area contributed by atoms with Gasteiger partial charge in [-0.25, -0.2) is 4.21 Å². The number of rotatable bonds is 4. The topological polar surface area (TPSA) is 137 Å². The maximum absolute atomic E-state index is 11.8. The van der Waals surface area contributed by atoms with E-state index >= 15 is 0 Å². The highest BCUT2D eigenvalue weighted by atomic mass is 32.2. The van der Waals surface area contributed by atoms with Crippen LogP contribution in [-0.2, 0) is 21.2 Å². The van der Waals surface area contributed by atoms with Crippen molar-refractivity contribution in [1.82, 2.24) is 0 Å². The molecular formula is C16H12N2O6S2. The minimum Gasteiger partial charge on any atom is -0.506 e. The third kappa shape index (κ3) is 3.63. The molecule has 1 atom stereocenters. The van der Waals surface area contributed by atoms with Crippen molar-refractivity contribution < 1.29 is 26.8 Å². The van der Waals surface area contributed by atoms with Crippen LogP contribution in [0.1, 0.15) is 0 Å². The van der Waals surface area contributed by atoms with Gasteiger partial charge in [0.1, 0.15) is 16.3 Å². The molecule has 0 saturated heterocycles. The lowest BCUT2D eigenvalue weighted by Crippen LogP contribution is -2.02. The highest BCUT2D eigenvalue weighted by Crippen LogP contribution is 2.40. The normalized spacial score (nSPS) is 13.3. The summed E-state index contributed by atoms with van der Waals surface area (Å²) >= 11 is -2.47. The van der Waals surface area contributed by atoms with Gasteiger partial charge in [-0.1, -0.05) is 24.3 Å². The molecule has 0 amide bonds. The van der Waals surface area contributed by atoms with E-state index in [9.17, 15) is 26.8 Å². The zero-order valence-electron chi connectivity index (χ0n) is 13.0. The molecule has 8 nitrogen and oxygen atoms in total. The first kappa shape index (κ1) is 18.1. The third-order valence-corrected chi connectivity index (χ3v) is 5.02. The number of phenols is 1. The molecule has 3 aromatic carbocycles. The third-order valence-electron chi connectivity index (χ3n) is 3.51. The van der Waals surface area contributed by atoms with Crippen LogP contribution in [0.3, 0.4) is 0 Å². The fraction of sp³-hybridized carbons (Fsp3) is 0. The fourth-order valence-electron chi connectivity index (χ4n) is 2.38. The lowest BCUT2D eigenvalue weighted by Gasteiger charge is -2.10. The Kier molecular flexibility index (Phi) is 4.83. The zero-order valence-corrected chi connectivity index (χ0v) is 14.6. The largest absolute Gasteiger partial charge is 0.506 e. The first-order valence-electron chi connectivity index (χ1n) is 7.12. The Balaban J connectivity index is 2.34. The predicted octanol–water partition coefficient (Wildman–Crippen LogP) is 3.79. The lowest BCUT2D eigenvalue weighted by molar-refractivity contribution is 0.477. The highest BCUT2D eigenvalue weighted by molar-refractivity contribution is 7.86. The summed E-state index contributed by atoms with van der Waals surface area (Å²) in [6, 6.07) is 13.3. The quantitative estimate of drug-likeness (QED) is 0.351. The Morgan fingerprint density at radius 1 is 0.962 bits per heavy atom. The van der Waals surface area contributed by atoms with E-state index < -0.39 is 26.1 Å². The maximum Gasteiger partial charge on any atom is 0.295 e. The van der Waals surface area contributed by atoms with Crippen LogP contribution in [0, 0.1) is 0 Å². The van der Waals surface area contributed by atoms with Crippen LogP contribution in [0.15, 0.2) is 74.6 Å². The average Bonchev–Trinajstić information content (AvgIpc) is 2.60. The SMILES string of the molecule is O=S(O)c1cc(S(=O)(=O)O)c2c(N=Nc3ccccc3)c(O)ccc2c1. The van der Waals surface area contributed by atoms with E-state index in [0.717, 1.165) is 6.07 Å². The van der Waals surface area contributed by atoms with Crippen molar-refractivity contribution >= 4 is 43.3 Å². The molecule has 0 spiro atoms. The van der Waals surface area contributed by atoms with Crippen LogP contribution >= 0.6 is 0 Å². The van der Waals surface area contributed by atoms with Gasteiger partial charge in [0.2, 0.25) is 0 Å². The van der Waals surface area contributed by atoms with Gasteiger partial charge in [0, 0.05) is 5.39 Å². The second-order valence-electron chi connectivity index (χ2n) is 5.21. The molecule has 0 heterocycles. The summed E-state index contributed by atoms with van der Waals surface area (Å²) < 4.78 is 53.7. The van der Waals surface area contributed by atoms with E-state index in [1.807, 2.05) is 0 Å². The Hall–Kier alpha value is -2.66. The standard InChI is InChI=1S/C16H12N2O6S2/c19-13-7-6-10-8-12(25(20)21)9-14(26(22,23)24)15(10)16(13)18-17-11-4-2-1-3-5-11/h1-9,19H,(H,20,21)(H,22,23,24).